The summed E-state index contributed by atoms with van der Waals surface area (Å²) in [5.74, 6) is 1.28. The Morgan fingerprint density at radius 1 is 1.50 bits per heavy atom. The Balaban J connectivity index is 1.99. The lowest BCUT2D eigenvalue weighted by Gasteiger charge is -2.36. The van der Waals surface area contributed by atoms with Gasteiger partial charge in [-0.2, -0.15) is 0 Å². The molecule has 0 radical (unpaired) electrons. The molecule has 2 heterocycles. The van der Waals surface area contributed by atoms with Crippen LogP contribution in [0.25, 0.3) is 0 Å². The number of ether oxygens (including phenoxy) is 1. The Morgan fingerprint density at radius 3 is 3.00 bits per heavy atom. The summed E-state index contributed by atoms with van der Waals surface area (Å²) in [6, 6.07) is 2.14. The van der Waals surface area contributed by atoms with Crippen LogP contribution in [-0.2, 0) is 4.74 Å². The lowest BCUT2D eigenvalue weighted by molar-refractivity contribution is -0.0553. The predicted molar refractivity (Wildman–Crippen MR) is 63.1 cm³/mol. The van der Waals surface area contributed by atoms with Crippen molar-refractivity contribution >= 4 is 11.6 Å². The molecule has 1 atom stereocenters. The largest absolute Gasteiger partial charge is 0.384 e. The Hall–Kier alpha value is -1.36. The van der Waals surface area contributed by atoms with E-state index < -0.39 is 0 Å². The molecule has 1 aliphatic rings. The van der Waals surface area contributed by atoms with Gasteiger partial charge in [0.05, 0.1) is 5.60 Å². The standard InChI is InChI=1S/C11H18N4O/c1-11(2)6-8(3-4-16-11)15-10-5-9(12)13-7-14-10/h5,7-8H,3-4,6H2,1-2H3,(H3,12,13,14,15). The van der Waals surface area contributed by atoms with Gasteiger partial charge in [0, 0.05) is 18.7 Å². The van der Waals surface area contributed by atoms with Crippen LogP contribution in [0.5, 0.6) is 0 Å². The lowest BCUT2D eigenvalue weighted by atomic mass is 9.94. The van der Waals surface area contributed by atoms with Crippen LogP contribution in [0.4, 0.5) is 11.6 Å². The number of nitrogens with two attached hydrogens (primary N) is 1. The van der Waals surface area contributed by atoms with Crippen molar-refractivity contribution in [2.45, 2.75) is 38.3 Å². The Labute approximate surface area is 95.4 Å². The molecular formula is C11H18N4O. The maximum Gasteiger partial charge on any atom is 0.131 e. The van der Waals surface area contributed by atoms with E-state index in [1.807, 2.05) is 0 Å². The molecule has 16 heavy (non-hydrogen) atoms. The molecule has 1 fully saturated rings. The van der Waals surface area contributed by atoms with Crippen LogP contribution in [0, 0.1) is 0 Å². The van der Waals surface area contributed by atoms with Crippen LogP contribution < -0.4 is 11.1 Å². The number of nitrogen functional groups attached to an aromatic ring is 1. The highest BCUT2D eigenvalue weighted by molar-refractivity contribution is 5.44. The molecule has 3 N–H and O–H groups in total. The first kappa shape index (κ1) is 11.1. The van der Waals surface area contributed by atoms with Crippen LogP contribution in [0.1, 0.15) is 26.7 Å². The average Bonchev–Trinajstić information content (AvgIpc) is 2.15. The molecule has 0 saturated carbocycles. The molecule has 0 aromatic carbocycles. The highest BCUT2D eigenvalue weighted by Gasteiger charge is 2.28. The summed E-state index contributed by atoms with van der Waals surface area (Å²) in [7, 11) is 0. The van der Waals surface area contributed by atoms with Gasteiger partial charge in [-0.3, -0.25) is 0 Å². The summed E-state index contributed by atoms with van der Waals surface area (Å²) in [6.07, 6.45) is 3.44. The minimum Gasteiger partial charge on any atom is -0.384 e. The summed E-state index contributed by atoms with van der Waals surface area (Å²) >= 11 is 0. The second kappa shape index (κ2) is 4.25. The fourth-order valence-corrected chi connectivity index (χ4v) is 2.02. The van der Waals surface area contributed by atoms with E-state index in [2.05, 4.69) is 29.1 Å². The smallest absolute Gasteiger partial charge is 0.131 e. The van der Waals surface area contributed by atoms with E-state index in [0.29, 0.717) is 11.9 Å². The highest BCUT2D eigenvalue weighted by atomic mass is 16.5. The first-order valence-electron chi connectivity index (χ1n) is 5.53. The van der Waals surface area contributed by atoms with E-state index in [-0.39, 0.29) is 5.60 Å². The van der Waals surface area contributed by atoms with Crippen LogP contribution in [0.15, 0.2) is 12.4 Å². The second-order valence-electron chi connectivity index (χ2n) is 4.77. The first-order valence-corrected chi connectivity index (χ1v) is 5.53. The highest BCUT2D eigenvalue weighted by Crippen LogP contribution is 2.25. The number of hydrogen-bond donors (Lipinski definition) is 2. The Bertz CT molecular complexity index is 367. The van der Waals surface area contributed by atoms with Crippen LogP contribution in [-0.4, -0.2) is 28.2 Å². The van der Waals surface area contributed by atoms with E-state index >= 15 is 0 Å². The van der Waals surface area contributed by atoms with Crippen LogP contribution >= 0.6 is 0 Å². The lowest BCUT2D eigenvalue weighted by Crippen LogP contribution is -2.40. The number of nitrogens with zero attached hydrogens (tertiary/aromatic N) is 2. The SMILES string of the molecule is CC1(C)CC(Nc2cc(N)ncn2)CCO1. The Morgan fingerprint density at radius 2 is 2.31 bits per heavy atom. The van der Waals surface area contributed by atoms with Gasteiger partial charge in [0.2, 0.25) is 0 Å². The molecule has 0 bridgehead atoms. The molecular weight excluding hydrogens is 204 g/mol. The quantitative estimate of drug-likeness (QED) is 0.792. The minimum atomic E-state index is -0.0610. The van der Waals surface area contributed by atoms with E-state index in [1.165, 1.54) is 6.33 Å². The van der Waals surface area contributed by atoms with E-state index in [0.717, 1.165) is 25.3 Å². The zero-order valence-corrected chi connectivity index (χ0v) is 9.73. The summed E-state index contributed by atoms with van der Waals surface area (Å²) in [6.45, 7) is 5.00. The maximum absolute atomic E-state index is 5.66. The van der Waals surface area contributed by atoms with Crippen molar-refractivity contribution in [3.05, 3.63) is 12.4 Å². The van der Waals surface area contributed by atoms with Gasteiger partial charge in [-0.25, -0.2) is 9.97 Å². The van der Waals surface area contributed by atoms with Gasteiger partial charge in [0.25, 0.3) is 0 Å². The summed E-state index contributed by atoms with van der Waals surface area (Å²) in [5.41, 5.74) is 5.54. The normalized spacial score (nSPS) is 24.0. The van der Waals surface area contributed by atoms with Crippen molar-refractivity contribution in [2.75, 3.05) is 17.7 Å². The van der Waals surface area contributed by atoms with Crippen molar-refractivity contribution in [3.8, 4) is 0 Å². The van der Waals surface area contributed by atoms with Crippen LogP contribution in [0.3, 0.4) is 0 Å². The summed E-state index contributed by atoms with van der Waals surface area (Å²) < 4.78 is 5.66. The molecule has 1 aromatic rings. The zero-order valence-electron chi connectivity index (χ0n) is 9.73. The van der Waals surface area contributed by atoms with Crippen LogP contribution in [0.2, 0.25) is 0 Å². The Kier molecular flexibility index (Phi) is 2.96. The number of aromatic nitrogens is 2. The number of rotatable bonds is 2. The third-order valence-corrected chi connectivity index (χ3v) is 2.74. The molecule has 0 aliphatic carbocycles. The monoisotopic (exact) mass is 222 g/mol. The number of anilines is 2. The van der Waals surface area contributed by atoms with Gasteiger partial charge in [0.15, 0.2) is 0 Å². The second-order valence-corrected chi connectivity index (χ2v) is 4.77. The van der Waals surface area contributed by atoms with Gasteiger partial charge in [-0.15, -0.1) is 0 Å². The average molecular weight is 222 g/mol. The molecule has 0 spiro atoms. The minimum absolute atomic E-state index is 0.0610. The van der Waals surface area contributed by atoms with Gasteiger partial charge in [-0.1, -0.05) is 0 Å². The molecule has 1 aliphatic heterocycles. The van der Waals surface area contributed by atoms with Crippen molar-refractivity contribution in [2.24, 2.45) is 0 Å². The predicted octanol–water partition coefficient (Wildman–Crippen LogP) is 1.43. The zero-order chi connectivity index (χ0) is 11.6. The van der Waals surface area contributed by atoms with Crippen molar-refractivity contribution < 1.29 is 4.74 Å². The summed E-state index contributed by atoms with van der Waals surface area (Å²) in [5, 5.41) is 3.37. The molecule has 0 amide bonds. The molecule has 1 aromatic heterocycles. The fraction of sp³-hybridized carbons (Fsp3) is 0.636. The van der Waals surface area contributed by atoms with Gasteiger partial charge >= 0.3 is 0 Å². The van der Waals surface area contributed by atoms with E-state index in [4.69, 9.17) is 10.5 Å². The number of nitrogens with one attached hydrogen (secondary N) is 1. The molecule has 88 valence electrons. The fourth-order valence-electron chi connectivity index (χ4n) is 2.02. The third kappa shape index (κ3) is 2.82. The third-order valence-electron chi connectivity index (χ3n) is 2.74. The molecule has 5 heteroatoms. The van der Waals surface area contributed by atoms with E-state index in [1.54, 1.807) is 6.07 Å². The van der Waals surface area contributed by atoms with Crippen molar-refractivity contribution in [1.29, 1.82) is 0 Å². The van der Waals surface area contributed by atoms with Gasteiger partial charge in [0.1, 0.15) is 18.0 Å². The van der Waals surface area contributed by atoms with Crippen molar-refractivity contribution in [3.63, 3.8) is 0 Å². The van der Waals surface area contributed by atoms with Gasteiger partial charge < -0.3 is 15.8 Å². The molecule has 5 nitrogen and oxygen atoms in total. The maximum atomic E-state index is 5.66. The molecule has 2 rings (SSSR count). The van der Waals surface area contributed by atoms with Gasteiger partial charge in [-0.05, 0) is 26.7 Å². The van der Waals surface area contributed by atoms with Crippen molar-refractivity contribution in [1.82, 2.24) is 9.97 Å². The summed E-state index contributed by atoms with van der Waals surface area (Å²) in [4.78, 5) is 8.00. The molecule has 1 unspecified atom stereocenters. The number of hydrogen-bond acceptors (Lipinski definition) is 5. The topological polar surface area (TPSA) is 73.1 Å². The molecule has 1 saturated heterocycles. The van der Waals surface area contributed by atoms with E-state index in [9.17, 15) is 0 Å². The first-order chi connectivity index (χ1) is 7.55.